The maximum Gasteiger partial charge on any atom is 0.361 e. The van der Waals surface area contributed by atoms with E-state index in [4.69, 9.17) is 21.1 Å². The maximum absolute atomic E-state index is 12.9. The minimum Gasteiger partial charge on any atom is -0.489 e. The second kappa shape index (κ2) is 9.32. The number of carbonyl (C=O) groups is 1. The van der Waals surface area contributed by atoms with Gasteiger partial charge in [-0.1, -0.05) is 41.9 Å². The summed E-state index contributed by atoms with van der Waals surface area (Å²) in [5.74, 6) is -0.593. The molecule has 0 bridgehead atoms. The largest absolute Gasteiger partial charge is 0.489 e. The van der Waals surface area contributed by atoms with Crippen LogP contribution in [0.1, 0.15) is 34.6 Å². The minimum atomic E-state index is -0.716. The summed E-state index contributed by atoms with van der Waals surface area (Å²) in [4.78, 5) is 31.6. The predicted octanol–water partition coefficient (Wildman–Crippen LogP) is 3.91. The molecular weight excluding hydrogens is 426 g/mol. The number of hydrogen-bond donors (Lipinski definition) is 0. The highest BCUT2D eigenvalue weighted by molar-refractivity contribution is 7.14. The zero-order chi connectivity index (χ0) is 21.8. The van der Waals surface area contributed by atoms with Crippen LogP contribution >= 0.6 is 22.9 Å². The molecule has 30 heavy (non-hydrogen) atoms. The van der Waals surface area contributed by atoms with E-state index in [9.17, 15) is 9.59 Å². The molecule has 0 radical (unpaired) electrons. The SMILES string of the molecule is CCOC(=O)c1nc(N(C)C(c2ccccc2)c2ccsc2Cl)n(C)c(=O)c1OC. The molecule has 0 spiro atoms. The molecule has 2 aromatic heterocycles. The van der Waals surface area contributed by atoms with Gasteiger partial charge in [-0.2, -0.15) is 0 Å². The molecule has 0 saturated heterocycles. The van der Waals surface area contributed by atoms with Crippen molar-refractivity contribution >= 4 is 34.9 Å². The second-order valence-electron chi connectivity index (χ2n) is 6.45. The Kier molecular flexibility index (Phi) is 6.79. The van der Waals surface area contributed by atoms with E-state index >= 15 is 0 Å². The third kappa shape index (κ3) is 4.06. The summed E-state index contributed by atoms with van der Waals surface area (Å²) in [6, 6.07) is 11.4. The molecule has 1 unspecified atom stereocenters. The topological polar surface area (TPSA) is 73.7 Å². The van der Waals surface area contributed by atoms with Crippen LogP contribution in [0.2, 0.25) is 4.34 Å². The quantitative estimate of drug-likeness (QED) is 0.511. The van der Waals surface area contributed by atoms with Crippen LogP contribution < -0.4 is 15.2 Å². The molecule has 0 N–H and O–H groups in total. The van der Waals surface area contributed by atoms with Gasteiger partial charge in [-0.25, -0.2) is 9.78 Å². The fraction of sp³-hybridized carbons (Fsp3) is 0.286. The van der Waals surface area contributed by atoms with Gasteiger partial charge in [0.15, 0.2) is 5.69 Å². The Labute approximate surface area is 183 Å². The van der Waals surface area contributed by atoms with Crippen molar-refractivity contribution < 1.29 is 14.3 Å². The van der Waals surface area contributed by atoms with Crippen LogP contribution in [0.3, 0.4) is 0 Å². The van der Waals surface area contributed by atoms with E-state index < -0.39 is 11.5 Å². The van der Waals surface area contributed by atoms with Gasteiger partial charge in [0.25, 0.3) is 5.56 Å². The van der Waals surface area contributed by atoms with E-state index in [0.717, 1.165) is 11.1 Å². The molecule has 0 amide bonds. The van der Waals surface area contributed by atoms with Gasteiger partial charge in [-0.05, 0) is 23.9 Å². The lowest BCUT2D eigenvalue weighted by Gasteiger charge is -2.31. The van der Waals surface area contributed by atoms with Crippen molar-refractivity contribution in [3.05, 3.63) is 73.3 Å². The van der Waals surface area contributed by atoms with Crippen LogP contribution in [-0.2, 0) is 11.8 Å². The number of thiophene rings is 1. The Morgan fingerprint density at radius 1 is 1.30 bits per heavy atom. The molecule has 3 aromatic rings. The predicted molar refractivity (Wildman–Crippen MR) is 118 cm³/mol. The fourth-order valence-electron chi connectivity index (χ4n) is 3.27. The van der Waals surface area contributed by atoms with Crippen molar-refractivity contribution in [2.75, 3.05) is 25.7 Å². The second-order valence-corrected chi connectivity index (χ2v) is 7.97. The standard InChI is InChI=1S/C21H22ClN3O4S/c1-5-29-20(27)15-17(28-4)19(26)25(3)21(23-15)24(2)16(13-9-7-6-8-10-13)14-11-12-30-18(14)22/h6-12,16H,5H2,1-4H3. The van der Waals surface area contributed by atoms with Gasteiger partial charge in [0.2, 0.25) is 11.7 Å². The average Bonchev–Trinajstić information content (AvgIpc) is 3.16. The minimum absolute atomic E-state index is 0.154. The number of hydrogen-bond acceptors (Lipinski definition) is 7. The molecule has 1 aromatic carbocycles. The van der Waals surface area contributed by atoms with Crippen LogP contribution in [0, 0.1) is 0 Å². The molecule has 0 aliphatic heterocycles. The highest BCUT2D eigenvalue weighted by Gasteiger charge is 2.29. The lowest BCUT2D eigenvalue weighted by atomic mass is 10.00. The van der Waals surface area contributed by atoms with Crippen molar-refractivity contribution in [1.29, 1.82) is 0 Å². The number of anilines is 1. The van der Waals surface area contributed by atoms with Gasteiger partial charge in [0.05, 0.1) is 24.1 Å². The maximum atomic E-state index is 12.9. The van der Waals surface area contributed by atoms with Gasteiger partial charge < -0.3 is 14.4 Å². The van der Waals surface area contributed by atoms with Crippen LogP contribution in [-0.4, -0.2) is 36.3 Å². The number of methoxy groups -OCH3 is 1. The highest BCUT2D eigenvalue weighted by Crippen LogP contribution is 2.37. The van der Waals surface area contributed by atoms with Gasteiger partial charge in [-0.15, -0.1) is 11.3 Å². The summed E-state index contributed by atoms with van der Waals surface area (Å²) in [5, 5.41) is 1.91. The van der Waals surface area contributed by atoms with E-state index in [1.807, 2.05) is 46.7 Å². The Balaban J connectivity index is 2.20. The average molecular weight is 448 g/mol. The van der Waals surface area contributed by atoms with Crippen molar-refractivity contribution in [2.45, 2.75) is 13.0 Å². The lowest BCUT2D eigenvalue weighted by molar-refractivity contribution is 0.0514. The van der Waals surface area contributed by atoms with Crippen molar-refractivity contribution in [2.24, 2.45) is 7.05 Å². The number of halogens is 1. The first kappa shape index (κ1) is 21.9. The first-order valence-electron chi connectivity index (χ1n) is 9.23. The monoisotopic (exact) mass is 447 g/mol. The number of rotatable bonds is 7. The van der Waals surface area contributed by atoms with Crippen LogP contribution in [0.4, 0.5) is 5.95 Å². The van der Waals surface area contributed by atoms with Gasteiger partial charge >= 0.3 is 5.97 Å². The van der Waals surface area contributed by atoms with Gasteiger partial charge in [0, 0.05) is 19.7 Å². The van der Waals surface area contributed by atoms with Crippen LogP contribution in [0.25, 0.3) is 0 Å². The molecule has 0 fully saturated rings. The first-order valence-corrected chi connectivity index (χ1v) is 10.5. The third-order valence-corrected chi connectivity index (χ3v) is 5.86. The van der Waals surface area contributed by atoms with Gasteiger partial charge in [-0.3, -0.25) is 9.36 Å². The van der Waals surface area contributed by atoms with E-state index in [2.05, 4.69) is 4.98 Å². The molecule has 2 heterocycles. The van der Waals surface area contributed by atoms with Gasteiger partial charge in [0.1, 0.15) is 0 Å². The number of aromatic nitrogens is 2. The number of benzene rings is 1. The summed E-state index contributed by atoms with van der Waals surface area (Å²) in [6.45, 7) is 1.84. The normalized spacial score (nSPS) is 11.8. The molecule has 0 saturated carbocycles. The molecule has 0 aliphatic carbocycles. The smallest absolute Gasteiger partial charge is 0.361 e. The zero-order valence-electron chi connectivity index (χ0n) is 17.1. The molecule has 0 aliphatic rings. The Morgan fingerprint density at radius 3 is 2.57 bits per heavy atom. The van der Waals surface area contributed by atoms with Crippen molar-refractivity contribution in [3.63, 3.8) is 0 Å². The molecular formula is C21H22ClN3O4S. The Bertz CT molecular complexity index is 1100. The van der Waals surface area contributed by atoms with Crippen molar-refractivity contribution in [3.8, 4) is 5.75 Å². The Morgan fingerprint density at radius 2 is 2.00 bits per heavy atom. The van der Waals surface area contributed by atoms with Crippen LogP contribution in [0.5, 0.6) is 5.75 Å². The zero-order valence-corrected chi connectivity index (χ0v) is 18.7. The molecule has 1 atom stereocenters. The summed E-state index contributed by atoms with van der Waals surface area (Å²) < 4.78 is 12.2. The van der Waals surface area contributed by atoms with Crippen molar-refractivity contribution in [1.82, 2.24) is 9.55 Å². The van der Waals surface area contributed by atoms with E-state index in [0.29, 0.717) is 4.34 Å². The van der Waals surface area contributed by atoms with Crippen LogP contribution in [0.15, 0.2) is 46.6 Å². The fourth-order valence-corrected chi connectivity index (χ4v) is 4.24. The van der Waals surface area contributed by atoms with E-state index in [1.165, 1.54) is 23.0 Å². The summed E-state index contributed by atoms with van der Waals surface area (Å²) in [7, 11) is 4.70. The van der Waals surface area contributed by atoms with E-state index in [-0.39, 0.29) is 30.0 Å². The molecule has 9 heteroatoms. The molecule has 7 nitrogen and oxygen atoms in total. The summed E-state index contributed by atoms with van der Waals surface area (Å²) in [5.41, 5.74) is 1.19. The number of ether oxygens (including phenoxy) is 2. The number of nitrogens with zero attached hydrogens (tertiary/aromatic N) is 3. The molecule has 158 valence electrons. The highest BCUT2D eigenvalue weighted by atomic mass is 35.5. The summed E-state index contributed by atoms with van der Waals surface area (Å²) in [6.07, 6.45) is 0. The lowest BCUT2D eigenvalue weighted by Crippen LogP contribution is -2.34. The Hall–Kier alpha value is -2.84. The first-order chi connectivity index (χ1) is 14.4. The summed E-state index contributed by atoms with van der Waals surface area (Å²) >= 11 is 7.89. The van der Waals surface area contributed by atoms with E-state index in [1.54, 1.807) is 21.0 Å². The number of carbonyl (C=O) groups excluding carboxylic acids is 1. The molecule has 3 rings (SSSR count). The number of esters is 1. The third-order valence-electron chi connectivity index (χ3n) is 4.66.